The van der Waals surface area contributed by atoms with E-state index in [1.54, 1.807) is 11.4 Å². The molecule has 0 aliphatic rings. The third-order valence-electron chi connectivity index (χ3n) is 3.68. The average Bonchev–Trinajstić information content (AvgIpc) is 3.26. The predicted octanol–water partition coefficient (Wildman–Crippen LogP) is 3.79. The van der Waals surface area contributed by atoms with Crippen molar-refractivity contribution in [1.29, 1.82) is 0 Å². The minimum Gasteiger partial charge on any atom is -0.366 e. The van der Waals surface area contributed by atoms with Crippen LogP contribution in [0.25, 0.3) is 0 Å². The van der Waals surface area contributed by atoms with Crippen LogP contribution in [0.15, 0.2) is 34.0 Å². The summed E-state index contributed by atoms with van der Waals surface area (Å²) in [5, 5.41) is 16.9. The average molecular weight is 420 g/mol. The molecule has 3 rings (SSSR count). The summed E-state index contributed by atoms with van der Waals surface area (Å²) in [6, 6.07) is 7.67. The van der Waals surface area contributed by atoms with E-state index in [0.29, 0.717) is 20.0 Å². The lowest BCUT2D eigenvalue weighted by Crippen LogP contribution is -2.17. The normalized spacial score (nSPS) is 10.6. The molecule has 0 saturated heterocycles. The quantitative estimate of drug-likeness (QED) is 0.503. The highest BCUT2D eigenvalue weighted by atomic mass is 32.2. The minimum atomic E-state index is -0.564. The van der Waals surface area contributed by atoms with Gasteiger partial charge in [-0.05, 0) is 48.6 Å². The number of anilines is 3. The second-order valence-corrected chi connectivity index (χ2v) is 8.78. The van der Waals surface area contributed by atoms with Crippen LogP contribution in [-0.4, -0.2) is 27.8 Å². The van der Waals surface area contributed by atoms with Crippen LogP contribution < -0.4 is 16.4 Å². The summed E-state index contributed by atoms with van der Waals surface area (Å²) in [6.07, 6.45) is 0. The van der Waals surface area contributed by atoms with Crippen molar-refractivity contribution < 1.29 is 9.59 Å². The first-order valence-electron chi connectivity index (χ1n) is 7.90. The van der Waals surface area contributed by atoms with Crippen molar-refractivity contribution in [3.63, 3.8) is 0 Å². The third-order valence-corrected chi connectivity index (χ3v) is 6.48. The van der Waals surface area contributed by atoms with Crippen LogP contribution in [0.5, 0.6) is 0 Å². The molecule has 2 heterocycles. The molecule has 10 heteroatoms. The van der Waals surface area contributed by atoms with Gasteiger partial charge in [-0.15, -0.1) is 21.5 Å². The zero-order chi connectivity index (χ0) is 19.4. The number of thioether (sulfide) groups is 1. The van der Waals surface area contributed by atoms with Crippen LogP contribution in [0.1, 0.15) is 21.5 Å². The van der Waals surface area contributed by atoms with Gasteiger partial charge in [0.2, 0.25) is 11.0 Å². The van der Waals surface area contributed by atoms with Crippen molar-refractivity contribution in [3.05, 3.63) is 46.3 Å². The van der Waals surface area contributed by atoms with Crippen molar-refractivity contribution in [2.24, 2.45) is 5.73 Å². The second-order valence-electron chi connectivity index (χ2n) is 5.66. The third kappa shape index (κ3) is 5.06. The van der Waals surface area contributed by atoms with Crippen molar-refractivity contribution in [2.45, 2.75) is 18.2 Å². The Hall–Kier alpha value is -2.43. The van der Waals surface area contributed by atoms with Gasteiger partial charge >= 0.3 is 0 Å². The minimum absolute atomic E-state index is 0.161. The Kier molecular flexibility index (Phi) is 6.09. The summed E-state index contributed by atoms with van der Waals surface area (Å²) in [4.78, 5) is 23.4. The molecule has 0 aliphatic carbocycles. The number of carbonyl (C=O) groups excluding carboxylic acids is 2. The van der Waals surface area contributed by atoms with E-state index >= 15 is 0 Å². The van der Waals surface area contributed by atoms with Crippen LogP contribution in [0.4, 0.5) is 15.8 Å². The molecule has 0 unspecified atom stereocenters. The molecule has 2 amide bonds. The Bertz CT molecular complexity index is 983. The molecule has 0 fully saturated rings. The fraction of sp³-hybridized carbons (Fsp3) is 0.176. The molecular formula is C17H17N5O2S3. The number of nitrogens with one attached hydrogen (secondary N) is 2. The number of primary amides is 1. The zero-order valence-corrected chi connectivity index (χ0v) is 17.1. The molecule has 2 aromatic heterocycles. The van der Waals surface area contributed by atoms with E-state index in [1.165, 1.54) is 45.6 Å². The topological polar surface area (TPSA) is 110 Å². The van der Waals surface area contributed by atoms with Gasteiger partial charge in [-0.1, -0.05) is 29.2 Å². The lowest BCUT2D eigenvalue weighted by Gasteiger charge is -2.05. The number of nitrogens with two attached hydrogens (primary N) is 1. The first-order valence-corrected chi connectivity index (χ1v) is 10.6. The zero-order valence-electron chi connectivity index (χ0n) is 14.6. The van der Waals surface area contributed by atoms with Crippen molar-refractivity contribution in [2.75, 3.05) is 16.4 Å². The maximum atomic E-state index is 12.1. The number of benzene rings is 1. The number of thiophene rings is 1. The smallest absolute Gasteiger partial charge is 0.251 e. The summed E-state index contributed by atoms with van der Waals surface area (Å²) >= 11 is 3.91. The fourth-order valence-electron chi connectivity index (χ4n) is 2.15. The van der Waals surface area contributed by atoms with Crippen LogP contribution in [0.2, 0.25) is 0 Å². The Balaban J connectivity index is 1.54. The predicted molar refractivity (Wildman–Crippen MR) is 111 cm³/mol. The Morgan fingerprint density at radius 3 is 2.74 bits per heavy atom. The van der Waals surface area contributed by atoms with Crippen LogP contribution in [0.3, 0.4) is 0 Å². The number of hydrogen-bond donors (Lipinski definition) is 3. The van der Waals surface area contributed by atoms with Gasteiger partial charge in [-0.3, -0.25) is 9.59 Å². The molecule has 140 valence electrons. The highest BCUT2D eigenvalue weighted by molar-refractivity contribution is 8.01. The van der Waals surface area contributed by atoms with Crippen molar-refractivity contribution >= 4 is 62.1 Å². The van der Waals surface area contributed by atoms with Gasteiger partial charge in [0.15, 0.2) is 4.34 Å². The number of rotatable bonds is 7. The van der Waals surface area contributed by atoms with Gasteiger partial charge in [0.1, 0.15) is 5.00 Å². The highest BCUT2D eigenvalue weighted by Gasteiger charge is 2.14. The van der Waals surface area contributed by atoms with Gasteiger partial charge in [0.05, 0.1) is 11.3 Å². The molecule has 0 bridgehead atoms. The Labute approximate surface area is 168 Å². The van der Waals surface area contributed by atoms with E-state index in [1.807, 2.05) is 18.2 Å². The number of hydrogen-bond acceptors (Lipinski definition) is 8. The molecule has 7 nitrogen and oxygen atoms in total. The first kappa shape index (κ1) is 19.3. The van der Waals surface area contributed by atoms with Crippen molar-refractivity contribution in [3.8, 4) is 0 Å². The van der Waals surface area contributed by atoms with Gasteiger partial charge in [0, 0.05) is 5.69 Å². The Morgan fingerprint density at radius 1 is 1.19 bits per heavy atom. The van der Waals surface area contributed by atoms with Crippen LogP contribution >= 0.6 is 34.4 Å². The number of aromatic nitrogens is 2. The van der Waals surface area contributed by atoms with Crippen LogP contribution in [-0.2, 0) is 4.79 Å². The number of nitrogens with zero attached hydrogens (tertiary/aromatic N) is 2. The summed E-state index contributed by atoms with van der Waals surface area (Å²) in [6.45, 7) is 4.12. The monoisotopic (exact) mass is 419 g/mol. The van der Waals surface area contributed by atoms with E-state index < -0.39 is 5.91 Å². The standard InChI is InChI=1S/C17H17N5O2S3/c1-9-3-4-11(7-10(9)2)19-16-21-22-17(27-16)26-8-13(23)20-15-12(14(18)24)5-6-25-15/h3-7H,8H2,1-2H3,(H2,18,24)(H,19,21)(H,20,23). The van der Waals surface area contributed by atoms with E-state index in [4.69, 9.17) is 5.73 Å². The molecule has 3 aromatic rings. The SMILES string of the molecule is Cc1ccc(Nc2nnc(SCC(=O)Nc3sccc3C(N)=O)s2)cc1C. The maximum Gasteiger partial charge on any atom is 0.251 e. The molecule has 0 aliphatic heterocycles. The number of aryl methyl sites for hydroxylation is 2. The molecule has 0 radical (unpaired) electrons. The second kappa shape index (κ2) is 8.51. The molecule has 0 atom stereocenters. The van der Waals surface area contributed by atoms with Gasteiger partial charge < -0.3 is 16.4 Å². The molecule has 0 saturated carbocycles. The lowest BCUT2D eigenvalue weighted by atomic mass is 10.1. The fourth-order valence-corrected chi connectivity index (χ4v) is 4.53. The lowest BCUT2D eigenvalue weighted by molar-refractivity contribution is -0.113. The van der Waals surface area contributed by atoms with E-state index in [2.05, 4.69) is 34.7 Å². The van der Waals surface area contributed by atoms with E-state index in [0.717, 1.165) is 5.69 Å². The number of carbonyl (C=O) groups is 2. The van der Waals surface area contributed by atoms with Gasteiger partial charge in [-0.25, -0.2) is 0 Å². The molecular weight excluding hydrogens is 402 g/mol. The van der Waals surface area contributed by atoms with Crippen LogP contribution in [0, 0.1) is 13.8 Å². The first-order chi connectivity index (χ1) is 12.9. The van der Waals surface area contributed by atoms with E-state index in [9.17, 15) is 9.59 Å². The summed E-state index contributed by atoms with van der Waals surface area (Å²) < 4.78 is 0.679. The van der Waals surface area contributed by atoms with Crippen molar-refractivity contribution in [1.82, 2.24) is 10.2 Å². The maximum absolute atomic E-state index is 12.1. The molecule has 0 spiro atoms. The number of amides is 2. The Morgan fingerprint density at radius 2 is 2.00 bits per heavy atom. The summed E-state index contributed by atoms with van der Waals surface area (Å²) in [5.74, 6) is -0.636. The largest absolute Gasteiger partial charge is 0.366 e. The molecule has 4 N–H and O–H groups in total. The highest BCUT2D eigenvalue weighted by Crippen LogP contribution is 2.29. The molecule has 1 aromatic carbocycles. The van der Waals surface area contributed by atoms with Gasteiger partial charge in [0.25, 0.3) is 5.91 Å². The van der Waals surface area contributed by atoms with Gasteiger partial charge in [-0.2, -0.15) is 0 Å². The summed E-state index contributed by atoms with van der Waals surface area (Å²) in [5.41, 5.74) is 8.95. The van der Waals surface area contributed by atoms with E-state index in [-0.39, 0.29) is 11.7 Å². The molecule has 27 heavy (non-hydrogen) atoms. The summed E-state index contributed by atoms with van der Waals surface area (Å²) in [7, 11) is 0.